The van der Waals surface area contributed by atoms with Gasteiger partial charge in [-0.15, -0.1) is 0 Å². The summed E-state index contributed by atoms with van der Waals surface area (Å²) in [6.07, 6.45) is 0. The Balaban J connectivity index is 1.63. The van der Waals surface area contributed by atoms with Crippen LogP contribution in [-0.2, 0) is 6.54 Å². The lowest BCUT2D eigenvalue weighted by Gasteiger charge is -2.27. The second-order valence-corrected chi connectivity index (χ2v) is 8.93. The molecule has 1 amide bonds. The van der Waals surface area contributed by atoms with Crippen LogP contribution in [-0.4, -0.2) is 30.0 Å². The van der Waals surface area contributed by atoms with Gasteiger partial charge >= 0.3 is 0 Å². The van der Waals surface area contributed by atoms with Crippen LogP contribution in [0.4, 0.5) is 0 Å². The van der Waals surface area contributed by atoms with Gasteiger partial charge in [0.15, 0.2) is 0 Å². The molecule has 0 fully saturated rings. The summed E-state index contributed by atoms with van der Waals surface area (Å²) in [5.41, 5.74) is 6.69. The molecule has 0 saturated carbocycles. The van der Waals surface area contributed by atoms with E-state index in [0.717, 1.165) is 55.9 Å². The van der Waals surface area contributed by atoms with E-state index in [-0.39, 0.29) is 11.9 Å². The van der Waals surface area contributed by atoms with Crippen LogP contribution in [0.2, 0.25) is 0 Å². The van der Waals surface area contributed by atoms with Crippen LogP contribution >= 0.6 is 0 Å². The van der Waals surface area contributed by atoms with Gasteiger partial charge < -0.3 is 19.4 Å². The molecule has 5 aromatic rings. The van der Waals surface area contributed by atoms with E-state index >= 15 is 0 Å². The Kier molecular flexibility index (Phi) is 5.45. The molecule has 36 heavy (non-hydrogen) atoms. The maximum atomic E-state index is 13.8. The zero-order valence-corrected chi connectivity index (χ0v) is 20.2. The van der Waals surface area contributed by atoms with Crippen molar-refractivity contribution in [1.82, 2.24) is 9.88 Å². The summed E-state index contributed by atoms with van der Waals surface area (Å²) in [4.78, 5) is 19.4. The van der Waals surface area contributed by atoms with Gasteiger partial charge in [0.05, 0.1) is 26.0 Å². The predicted molar refractivity (Wildman–Crippen MR) is 141 cm³/mol. The van der Waals surface area contributed by atoms with Crippen LogP contribution in [0.1, 0.15) is 33.1 Å². The summed E-state index contributed by atoms with van der Waals surface area (Å²) in [5, 5.41) is 1.07. The normalized spacial score (nSPS) is 14.8. The van der Waals surface area contributed by atoms with Crippen LogP contribution in [0.25, 0.3) is 22.2 Å². The number of aromatic nitrogens is 1. The molecule has 1 unspecified atom stereocenters. The average Bonchev–Trinajstić information content (AvgIpc) is 3.44. The number of aromatic amines is 1. The van der Waals surface area contributed by atoms with E-state index in [1.165, 1.54) is 0 Å². The molecule has 4 aromatic carbocycles. The number of nitrogens with zero attached hydrogens (tertiary/aromatic N) is 1. The summed E-state index contributed by atoms with van der Waals surface area (Å²) < 4.78 is 11.3. The Bertz CT molecular complexity index is 1570. The third-order valence-corrected chi connectivity index (χ3v) is 6.95. The van der Waals surface area contributed by atoms with E-state index in [4.69, 9.17) is 9.47 Å². The highest BCUT2D eigenvalue weighted by Gasteiger charge is 2.40. The molecule has 5 nitrogen and oxygen atoms in total. The third kappa shape index (κ3) is 3.52. The molecule has 0 radical (unpaired) electrons. The highest BCUT2D eigenvalue weighted by Crippen LogP contribution is 2.47. The molecule has 0 spiro atoms. The summed E-state index contributed by atoms with van der Waals surface area (Å²) >= 11 is 0. The van der Waals surface area contributed by atoms with Crippen molar-refractivity contribution in [3.05, 3.63) is 119 Å². The molecule has 0 saturated heterocycles. The largest absolute Gasteiger partial charge is 0.497 e. The molecule has 1 aliphatic rings. The zero-order chi connectivity index (χ0) is 24.6. The summed E-state index contributed by atoms with van der Waals surface area (Å²) in [7, 11) is 3.33. The lowest BCUT2D eigenvalue weighted by Crippen LogP contribution is -2.28. The van der Waals surface area contributed by atoms with E-state index in [1.807, 2.05) is 71.6 Å². The van der Waals surface area contributed by atoms with Crippen LogP contribution < -0.4 is 9.47 Å². The van der Waals surface area contributed by atoms with Gasteiger partial charge in [-0.2, -0.15) is 0 Å². The molecule has 1 N–H and O–H groups in total. The number of nitrogens with one attached hydrogen (secondary N) is 1. The number of methoxy groups -OCH3 is 2. The quantitative estimate of drug-likeness (QED) is 0.302. The van der Waals surface area contributed by atoms with Crippen LogP contribution in [0.15, 0.2) is 97.1 Å². The van der Waals surface area contributed by atoms with Gasteiger partial charge in [-0.1, -0.05) is 66.7 Å². The second-order valence-electron chi connectivity index (χ2n) is 8.93. The number of ether oxygens (including phenoxy) is 2. The number of benzene rings is 4. The van der Waals surface area contributed by atoms with E-state index in [1.54, 1.807) is 14.2 Å². The number of rotatable bonds is 6. The fourth-order valence-electron chi connectivity index (χ4n) is 5.29. The monoisotopic (exact) mass is 474 g/mol. The standard InChI is InChI=1S/C31H26N2O3/c1-35-21-16-17-27(36-2)25(18-21)29-28(24-14-8-9-15-26(24)32-29)30-22-12-6-7-13-23(22)31(34)33(30)19-20-10-4-3-5-11-20/h3-18,30,32H,19H2,1-2H3. The number of para-hydroxylation sites is 1. The molecular weight excluding hydrogens is 448 g/mol. The smallest absolute Gasteiger partial charge is 0.255 e. The topological polar surface area (TPSA) is 54.6 Å². The highest BCUT2D eigenvalue weighted by atomic mass is 16.5. The number of carbonyl (C=O) groups is 1. The van der Waals surface area contributed by atoms with Gasteiger partial charge in [-0.25, -0.2) is 0 Å². The molecule has 0 aliphatic carbocycles. The molecule has 0 bridgehead atoms. The van der Waals surface area contributed by atoms with Crippen LogP contribution in [0.3, 0.4) is 0 Å². The lowest BCUT2D eigenvalue weighted by atomic mass is 9.92. The molecule has 178 valence electrons. The van der Waals surface area contributed by atoms with E-state index in [0.29, 0.717) is 6.54 Å². The number of H-pyrrole nitrogens is 1. The van der Waals surface area contributed by atoms with Crippen molar-refractivity contribution >= 4 is 16.8 Å². The fourth-order valence-corrected chi connectivity index (χ4v) is 5.29. The first-order chi connectivity index (χ1) is 17.7. The van der Waals surface area contributed by atoms with Gasteiger partial charge in [0.25, 0.3) is 5.91 Å². The summed E-state index contributed by atoms with van der Waals surface area (Å²) in [6, 6.07) is 31.8. The molecular formula is C31H26N2O3. The fraction of sp³-hybridized carbons (Fsp3) is 0.129. The Morgan fingerprint density at radius 1 is 0.806 bits per heavy atom. The van der Waals surface area contributed by atoms with Gasteiger partial charge in [-0.3, -0.25) is 4.79 Å². The van der Waals surface area contributed by atoms with Gasteiger partial charge in [-0.05, 0) is 41.5 Å². The van der Waals surface area contributed by atoms with Crippen molar-refractivity contribution in [3.8, 4) is 22.8 Å². The molecule has 2 heterocycles. The van der Waals surface area contributed by atoms with Crippen LogP contribution in [0.5, 0.6) is 11.5 Å². The first kappa shape index (κ1) is 22.0. The van der Waals surface area contributed by atoms with E-state index in [9.17, 15) is 4.79 Å². The predicted octanol–water partition coefficient (Wildman–Crippen LogP) is 6.60. The summed E-state index contributed by atoms with van der Waals surface area (Å²) in [5.74, 6) is 1.50. The maximum absolute atomic E-state index is 13.8. The molecule has 1 atom stereocenters. The van der Waals surface area contributed by atoms with Crippen molar-refractivity contribution in [3.63, 3.8) is 0 Å². The number of hydrogen-bond acceptors (Lipinski definition) is 3. The minimum atomic E-state index is -0.268. The van der Waals surface area contributed by atoms with Crippen molar-refractivity contribution in [2.75, 3.05) is 14.2 Å². The zero-order valence-electron chi connectivity index (χ0n) is 20.2. The van der Waals surface area contributed by atoms with Gasteiger partial charge in [0.2, 0.25) is 0 Å². The Labute approximate surface area is 209 Å². The van der Waals surface area contributed by atoms with E-state index < -0.39 is 0 Å². The Morgan fingerprint density at radius 2 is 1.56 bits per heavy atom. The van der Waals surface area contributed by atoms with Crippen molar-refractivity contribution in [2.24, 2.45) is 0 Å². The lowest BCUT2D eigenvalue weighted by molar-refractivity contribution is 0.0737. The van der Waals surface area contributed by atoms with Gasteiger partial charge in [0, 0.05) is 34.1 Å². The number of fused-ring (bicyclic) bond motifs is 2. The first-order valence-electron chi connectivity index (χ1n) is 12.0. The van der Waals surface area contributed by atoms with Crippen molar-refractivity contribution in [1.29, 1.82) is 0 Å². The molecule has 1 aromatic heterocycles. The minimum absolute atomic E-state index is 0.0355. The third-order valence-electron chi connectivity index (χ3n) is 6.95. The second kappa shape index (κ2) is 8.93. The number of hydrogen-bond donors (Lipinski definition) is 1. The highest BCUT2D eigenvalue weighted by molar-refractivity contribution is 6.02. The molecule has 5 heteroatoms. The van der Waals surface area contributed by atoms with E-state index in [2.05, 4.69) is 35.3 Å². The average molecular weight is 475 g/mol. The van der Waals surface area contributed by atoms with Crippen LogP contribution in [0, 0.1) is 0 Å². The minimum Gasteiger partial charge on any atom is -0.497 e. The first-order valence-corrected chi connectivity index (χ1v) is 12.0. The SMILES string of the molecule is COc1ccc(OC)c(-c2[nH]c3ccccc3c2C2c3ccccc3C(=O)N2Cc2ccccc2)c1. The van der Waals surface area contributed by atoms with Gasteiger partial charge in [0.1, 0.15) is 11.5 Å². The molecule has 6 rings (SSSR count). The van der Waals surface area contributed by atoms with Crippen molar-refractivity contribution in [2.45, 2.75) is 12.6 Å². The number of carbonyl (C=O) groups excluding carboxylic acids is 1. The Hall–Kier alpha value is -4.51. The Morgan fingerprint density at radius 3 is 2.36 bits per heavy atom. The van der Waals surface area contributed by atoms with Crippen molar-refractivity contribution < 1.29 is 14.3 Å². The summed E-state index contributed by atoms with van der Waals surface area (Å²) in [6.45, 7) is 0.507. The number of amides is 1. The molecule has 1 aliphatic heterocycles. The maximum Gasteiger partial charge on any atom is 0.255 e.